The Bertz CT molecular complexity index is 350. The summed E-state index contributed by atoms with van der Waals surface area (Å²) in [6, 6.07) is 3.73. The minimum absolute atomic E-state index is 0.188. The minimum Gasteiger partial charge on any atom is -0.390 e. The topological polar surface area (TPSA) is 72.3 Å². The smallest absolute Gasteiger partial charge is 0.0854 e. The monoisotopic (exact) mass is 208 g/mol. The zero-order valence-electron chi connectivity index (χ0n) is 9.62. The molecular formula is C12H20N2O. The summed E-state index contributed by atoms with van der Waals surface area (Å²) in [5.41, 5.74) is 15.9. The largest absolute Gasteiger partial charge is 0.390 e. The minimum atomic E-state index is -0.675. The number of hydrogen-bond donors (Lipinski definition) is 3. The lowest BCUT2D eigenvalue weighted by molar-refractivity contribution is 0.152. The van der Waals surface area contributed by atoms with Gasteiger partial charge >= 0.3 is 0 Å². The number of nitrogens with two attached hydrogens (primary N) is 2. The van der Waals surface area contributed by atoms with E-state index in [2.05, 4.69) is 13.0 Å². The molecule has 0 saturated heterocycles. The molecule has 2 atom stereocenters. The Morgan fingerprint density at radius 3 is 2.20 bits per heavy atom. The highest BCUT2D eigenvalue weighted by atomic mass is 16.3. The molecule has 1 aromatic carbocycles. The van der Waals surface area contributed by atoms with Gasteiger partial charge in [0.1, 0.15) is 0 Å². The summed E-state index contributed by atoms with van der Waals surface area (Å²) in [5, 5.41) is 9.61. The molecule has 0 bridgehead atoms. The van der Waals surface area contributed by atoms with Crippen LogP contribution < -0.4 is 11.5 Å². The fourth-order valence-corrected chi connectivity index (χ4v) is 1.70. The lowest BCUT2D eigenvalue weighted by Gasteiger charge is -2.20. The molecule has 2 unspecified atom stereocenters. The molecule has 0 saturated carbocycles. The van der Waals surface area contributed by atoms with Crippen molar-refractivity contribution in [1.29, 1.82) is 0 Å². The number of aryl methyl sites for hydroxylation is 3. The third kappa shape index (κ3) is 2.56. The average Bonchev–Trinajstić information content (AvgIpc) is 2.21. The molecular weight excluding hydrogens is 188 g/mol. The van der Waals surface area contributed by atoms with E-state index in [1.54, 1.807) is 0 Å². The van der Waals surface area contributed by atoms with Crippen molar-refractivity contribution >= 4 is 0 Å². The quantitative estimate of drug-likeness (QED) is 0.692. The Morgan fingerprint density at radius 2 is 1.67 bits per heavy atom. The van der Waals surface area contributed by atoms with Crippen LogP contribution in [0, 0.1) is 20.8 Å². The molecule has 15 heavy (non-hydrogen) atoms. The third-order valence-electron chi connectivity index (χ3n) is 2.90. The Kier molecular flexibility index (Phi) is 3.85. The standard InChI is InChI=1S/C12H20N2O/c1-7-4-9(3)10(5-8(7)2)12(14)11(15)6-13/h4-5,11-12,15H,6,13-14H2,1-3H3. The van der Waals surface area contributed by atoms with Crippen molar-refractivity contribution in [2.75, 3.05) is 6.54 Å². The predicted octanol–water partition coefficient (Wildman–Crippen LogP) is 0.931. The van der Waals surface area contributed by atoms with Gasteiger partial charge in [0, 0.05) is 6.54 Å². The van der Waals surface area contributed by atoms with Gasteiger partial charge in [-0.2, -0.15) is 0 Å². The van der Waals surface area contributed by atoms with Crippen molar-refractivity contribution in [3.63, 3.8) is 0 Å². The molecule has 0 radical (unpaired) electrons. The van der Waals surface area contributed by atoms with Crippen LogP contribution in [0.25, 0.3) is 0 Å². The summed E-state index contributed by atoms with van der Waals surface area (Å²) in [5.74, 6) is 0. The van der Waals surface area contributed by atoms with Gasteiger partial charge in [-0.05, 0) is 43.0 Å². The van der Waals surface area contributed by atoms with E-state index in [4.69, 9.17) is 11.5 Å². The van der Waals surface area contributed by atoms with E-state index >= 15 is 0 Å². The summed E-state index contributed by atoms with van der Waals surface area (Å²) in [6.07, 6.45) is -0.675. The Labute approximate surface area is 91.1 Å². The van der Waals surface area contributed by atoms with Crippen molar-refractivity contribution in [2.45, 2.75) is 32.9 Å². The second-order valence-corrected chi connectivity index (χ2v) is 4.12. The van der Waals surface area contributed by atoms with E-state index in [1.807, 2.05) is 19.9 Å². The normalized spacial score (nSPS) is 15.1. The Morgan fingerprint density at radius 1 is 1.13 bits per heavy atom. The first-order valence-electron chi connectivity index (χ1n) is 5.18. The molecule has 0 amide bonds. The van der Waals surface area contributed by atoms with Crippen LogP contribution in [0.1, 0.15) is 28.3 Å². The van der Waals surface area contributed by atoms with Gasteiger partial charge in [0.05, 0.1) is 12.1 Å². The van der Waals surface area contributed by atoms with Gasteiger partial charge in [-0.25, -0.2) is 0 Å². The highest BCUT2D eigenvalue weighted by Crippen LogP contribution is 2.22. The van der Waals surface area contributed by atoms with Crippen LogP contribution in [-0.4, -0.2) is 17.8 Å². The van der Waals surface area contributed by atoms with E-state index in [-0.39, 0.29) is 6.54 Å². The lowest BCUT2D eigenvalue weighted by atomic mass is 9.93. The van der Waals surface area contributed by atoms with Crippen molar-refractivity contribution in [3.8, 4) is 0 Å². The van der Waals surface area contributed by atoms with E-state index in [0.29, 0.717) is 0 Å². The highest BCUT2D eigenvalue weighted by Gasteiger charge is 2.17. The molecule has 0 aromatic heterocycles. The van der Waals surface area contributed by atoms with Crippen molar-refractivity contribution in [3.05, 3.63) is 34.4 Å². The van der Waals surface area contributed by atoms with Crippen LogP contribution in [-0.2, 0) is 0 Å². The molecule has 84 valence electrons. The second-order valence-electron chi connectivity index (χ2n) is 4.12. The fourth-order valence-electron chi connectivity index (χ4n) is 1.70. The van der Waals surface area contributed by atoms with Crippen molar-refractivity contribution in [1.82, 2.24) is 0 Å². The van der Waals surface area contributed by atoms with Crippen LogP contribution in [0.15, 0.2) is 12.1 Å². The van der Waals surface area contributed by atoms with Gasteiger partial charge in [0.2, 0.25) is 0 Å². The van der Waals surface area contributed by atoms with Crippen molar-refractivity contribution < 1.29 is 5.11 Å². The average molecular weight is 208 g/mol. The number of aliphatic hydroxyl groups is 1. The first-order valence-corrected chi connectivity index (χ1v) is 5.18. The van der Waals surface area contributed by atoms with E-state index < -0.39 is 12.1 Å². The molecule has 0 aliphatic heterocycles. The van der Waals surface area contributed by atoms with Crippen LogP contribution >= 0.6 is 0 Å². The Hall–Kier alpha value is -0.900. The SMILES string of the molecule is Cc1cc(C)c(C(N)C(O)CN)cc1C. The molecule has 3 nitrogen and oxygen atoms in total. The predicted molar refractivity (Wildman–Crippen MR) is 62.6 cm³/mol. The maximum absolute atomic E-state index is 9.61. The van der Waals surface area contributed by atoms with Gasteiger partial charge in [0.25, 0.3) is 0 Å². The van der Waals surface area contributed by atoms with Gasteiger partial charge < -0.3 is 16.6 Å². The van der Waals surface area contributed by atoms with E-state index in [0.717, 1.165) is 11.1 Å². The fraction of sp³-hybridized carbons (Fsp3) is 0.500. The number of aliphatic hydroxyl groups excluding tert-OH is 1. The number of hydrogen-bond acceptors (Lipinski definition) is 3. The van der Waals surface area contributed by atoms with Gasteiger partial charge in [-0.3, -0.25) is 0 Å². The molecule has 0 fully saturated rings. The van der Waals surface area contributed by atoms with Crippen LogP contribution in [0.3, 0.4) is 0 Å². The summed E-state index contributed by atoms with van der Waals surface area (Å²) in [6.45, 7) is 6.30. The highest BCUT2D eigenvalue weighted by molar-refractivity contribution is 5.38. The maximum Gasteiger partial charge on any atom is 0.0854 e. The molecule has 0 spiro atoms. The molecule has 3 heteroatoms. The second kappa shape index (κ2) is 4.75. The number of rotatable bonds is 3. The van der Waals surface area contributed by atoms with E-state index in [9.17, 15) is 5.11 Å². The molecule has 1 rings (SSSR count). The van der Waals surface area contributed by atoms with Gasteiger partial charge in [0.15, 0.2) is 0 Å². The van der Waals surface area contributed by atoms with E-state index in [1.165, 1.54) is 11.1 Å². The van der Waals surface area contributed by atoms with Crippen LogP contribution in [0.4, 0.5) is 0 Å². The first-order chi connectivity index (χ1) is 6.97. The molecule has 1 aromatic rings. The summed E-state index contributed by atoms with van der Waals surface area (Å²) < 4.78 is 0. The summed E-state index contributed by atoms with van der Waals surface area (Å²) >= 11 is 0. The van der Waals surface area contributed by atoms with Crippen LogP contribution in [0.5, 0.6) is 0 Å². The maximum atomic E-state index is 9.61. The van der Waals surface area contributed by atoms with Gasteiger partial charge in [-0.15, -0.1) is 0 Å². The third-order valence-corrected chi connectivity index (χ3v) is 2.90. The lowest BCUT2D eigenvalue weighted by Crippen LogP contribution is -2.33. The van der Waals surface area contributed by atoms with Gasteiger partial charge in [-0.1, -0.05) is 12.1 Å². The summed E-state index contributed by atoms with van der Waals surface area (Å²) in [4.78, 5) is 0. The van der Waals surface area contributed by atoms with Crippen LogP contribution in [0.2, 0.25) is 0 Å². The number of benzene rings is 1. The molecule has 0 aliphatic carbocycles. The zero-order valence-corrected chi connectivity index (χ0v) is 9.62. The molecule has 0 aliphatic rings. The first kappa shape index (κ1) is 12.2. The zero-order chi connectivity index (χ0) is 11.6. The molecule has 0 heterocycles. The summed E-state index contributed by atoms with van der Waals surface area (Å²) in [7, 11) is 0. The van der Waals surface area contributed by atoms with Crippen molar-refractivity contribution in [2.24, 2.45) is 11.5 Å². The Balaban J connectivity index is 3.09. The molecule has 5 N–H and O–H groups in total.